The summed E-state index contributed by atoms with van der Waals surface area (Å²) in [5.74, 6) is 0. The summed E-state index contributed by atoms with van der Waals surface area (Å²) in [5, 5.41) is -0.408. The minimum absolute atomic E-state index is 0.154. The van der Waals surface area contributed by atoms with E-state index in [0.717, 1.165) is 11.3 Å². The highest BCUT2D eigenvalue weighted by molar-refractivity contribution is 6.31. The summed E-state index contributed by atoms with van der Waals surface area (Å²) in [6, 6.07) is 4.83. The first-order chi connectivity index (χ1) is 9.59. The molecule has 112 valence electrons. The average Bonchev–Trinajstić information content (AvgIpc) is 2.36. The number of pyridine rings is 2. The average molecular weight is 315 g/mol. The van der Waals surface area contributed by atoms with Gasteiger partial charge in [-0.25, -0.2) is 4.98 Å². The smallest absolute Gasteiger partial charge is 0.261 e. The Hall–Kier alpha value is -1.62. The van der Waals surface area contributed by atoms with Crippen LogP contribution in [-0.2, 0) is 11.6 Å². The Balaban J connectivity index is 2.47. The predicted octanol–water partition coefficient (Wildman–Crippen LogP) is 5.11. The SMILES string of the molecule is CC(C)(C)c1cc(-c2cnc(C(F)(F)F)c(Cl)c2)ccn1. The molecule has 0 amide bonds. The van der Waals surface area contributed by atoms with Crippen LogP contribution in [0.1, 0.15) is 32.2 Å². The van der Waals surface area contributed by atoms with Crippen molar-refractivity contribution in [1.82, 2.24) is 9.97 Å². The van der Waals surface area contributed by atoms with E-state index >= 15 is 0 Å². The first-order valence-corrected chi connectivity index (χ1v) is 6.66. The van der Waals surface area contributed by atoms with Gasteiger partial charge in [0.05, 0.1) is 5.02 Å². The Bertz CT molecular complexity index is 661. The molecular weight excluding hydrogens is 301 g/mol. The van der Waals surface area contributed by atoms with Gasteiger partial charge < -0.3 is 0 Å². The summed E-state index contributed by atoms with van der Waals surface area (Å²) in [5.41, 5.74) is 0.882. The lowest BCUT2D eigenvalue weighted by atomic mass is 9.90. The molecule has 0 spiro atoms. The monoisotopic (exact) mass is 314 g/mol. The quantitative estimate of drug-likeness (QED) is 0.730. The maximum atomic E-state index is 12.6. The van der Waals surface area contributed by atoms with Crippen LogP contribution in [0.5, 0.6) is 0 Å². The molecule has 0 aliphatic rings. The van der Waals surface area contributed by atoms with Crippen molar-refractivity contribution in [2.75, 3.05) is 0 Å². The highest BCUT2D eigenvalue weighted by atomic mass is 35.5. The molecule has 2 nitrogen and oxygen atoms in total. The Labute approximate surface area is 126 Å². The molecule has 6 heteroatoms. The lowest BCUT2D eigenvalue weighted by Gasteiger charge is -2.18. The van der Waals surface area contributed by atoms with E-state index in [1.165, 1.54) is 12.3 Å². The standard InChI is InChI=1S/C15H14ClF3N2/c1-14(2,3)12-7-9(4-5-20-12)10-6-11(16)13(21-8-10)15(17,18)19/h4-8H,1-3H3. The Morgan fingerprint density at radius 3 is 2.19 bits per heavy atom. The van der Waals surface area contributed by atoms with Crippen LogP contribution in [-0.4, -0.2) is 9.97 Å². The second-order valence-corrected chi connectivity index (χ2v) is 6.14. The highest BCUT2D eigenvalue weighted by Gasteiger charge is 2.35. The van der Waals surface area contributed by atoms with Crippen molar-refractivity contribution in [3.8, 4) is 11.1 Å². The van der Waals surface area contributed by atoms with E-state index in [1.54, 1.807) is 12.3 Å². The van der Waals surface area contributed by atoms with Crippen LogP contribution in [0.2, 0.25) is 5.02 Å². The van der Waals surface area contributed by atoms with Crippen LogP contribution in [0.25, 0.3) is 11.1 Å². The molecule has 0 aliphatic carbocycles. The second-order valence-electron chi connectivity index (χ2n) is 5.73. The van der Waals surface area contributed by atoms with Crippen LogP contribution in [0.4, 0.5) is 13.2 Å². The Morgan fingerprint density at radius 1 is 1.00 bits per heavy atom. The molecule has 0 N–H and O–H groups in total. The van der Waals surface area contributed by atoms with Gasteiger partial charge in [0.2, 0.25) is 0 Å². The van der Waals surface area contributed by atoms with E-state index in [1.807, 2.05) is 26.8 Å². The van der Waals surface area contributed by atoms with Crippen molar-refractivity contribution in [3.05, 3.63) is 47.0 Å². The molecule has 2 heterocycles. The molecule has 0 radical (unpaired) electrons. The van der Waals surface area contributed by atoms with Gasteiger partial charge in [-0.2, -0.15) is 13.2 Å². The third-order valence-electron chi connectivity index (χ3n) is 2.97. The van der Waals surface area contributed by atoms with Gasteiger partial charge in [-0.15, -0.1) is 0 Å². The molecule has 2 rings (SSSR count). The van der Waals surface area contributed by atoms with Gasteiger partial charge >= 0.3 is 6.18 Å². The largest absolute Gasteiger partial charge is 0.434 e. The molecule has 2 aromatic rings. The van der Waals surface area contributed by atoms with Crippen LogP contribution in [0.15, 0.2) is 30.6 Å². The lowest BCUT2D eigenvalue weighted by molar-refractivity contribution is -0.141. The lowest BCUT2D eigenvalue weighted by Crippen LogP contribution is -2.13. The van der Waals surface area contributed by atoms with Gasteiger partial charge in [-0.1, -0.05) is 32.4 Å². The minimum atomic E-state index is -4.55. The number of halogens is 4. The normalized spacial score (nSPS) is 12.5. The third-order valence-corrected chi connectivity index (χ3v) is 3.26. The maximum Gasteiger partial charge on any atom is 0.434 e. The Kier molecular flexibility index (Phi) is 3.97. The topological polar surface area (TPSA) is 25.8 Å². The number of alkyl halides is 3. The molecule has 0 atom stereocenters. The zero-order chi connectivity index (χ0) is 15.8. The molecule has 0 bridgehead atoms. The van der Waals surface area contributed by atoms with Crippen molar-refractivity contribution in [2.24, 2.45) is 0 Å². The molecule has 0 aromatic carbocycles. The van der Waals surface area contributed by atoms with Gasteiger partial charge in [-0.3, -0.25) is 4.98 Å². The summed E-state index contributed by atoms with van der Waals surface area (Å²) >= 11 is 5.70. The molecule has 0 saturated carbocycles. The van der Waals surface area contributed by atoms with E-state index in [9.17, 15) is 13.2 Å². The fraction of sp³-hybridized carbons (Fsp3) is 0.333. The molecule has 0 saturated heterocycles. The van der Waals surface area contributed by atoms with E-state index in [2.05, 4.69) is 9.97 Å². The zero-order valence-corrected chi connectivity index (χ0v) is 12.5. The third kappa shape index (κ3) is 3.53. The number of nitrogens with zero attached hydrogens (tertiary/aromatic N) is 2. The van der Waals surface area contributed by atoms with Gasteiger partial charge in [0.15, 0.2) is 5.69 Å². The number of hydrogen-bond donors (Lipinski definition) is 0. The summed E-state index contributed by atoms with van der Waals surface area (Å²) in [6.45, 7) is 6.03. The van der Waals surface area contributed by atoms with E-state index in [-0.39, 0.29) is 5.41 Å². The molecule has 0 aliphatic heterocycles. The van der Waals surface area contributed by atoms with Crippen molar-refractivity contribution >= 4 is 11.6 Å². The molecule has 21 heavy (non-hydrogen) atoms. The van der Waals surface area contributed by atoms with Gasteiger partial charge in [0.1, 0.15) is 0 Å². The fourth-order valence-corrected chi connectivity index (χ4v) is 2.10. The minimum Gasteiger partial charge on any atom is -0.261 e. The molecular formula is C15H14ClF3N2. The van der Waals surface area contributed by atoms with Gasteiger partial charge in [0.25, 0.3) is 0 Å². The first kappa shape index (κ1) is 15.8. The summed E-state index contributed by atoms with van der Waals surface area (Å²) in [4.78, 5) is 7.72. The van der Waals surface area contributed by atoms with Crippen molar-refractivity contribution in [2.45, 2.75) is 32.4 Å². The molecule has 2 aromatic heterocycles. The second kappa shape index (κ2) is 5.30. The van der Waals surface area contributed by atoms with Crippen LogP contribution < -0.4 is 0 Å². The Morgan fingerprint density at radius 2 is 1.67 bits per heavy atom. The van der Waals surface area contributed by atoms with Crippen LogP contribution in [0.3, 0.4) is 0 Å². The number of hydrogen-bond acceptors (Lipinski definition) is 2. The van der Waals surface area contributed by atoms with Crippen molar-refractivity contribution in [1.29, 1.82) is 0 Å². The van der Waals surface area contributed by atoms with Crippen LogP contribution in [0, 0.1) is 0 Å². The van der Waals surface area contributed by atoms with E-state index in [0.29, 0.717) is 5.56 Å². The maximum absolute atomic E-state index is 12.6. The van der Waals surface area contributed by atoms with Crippen molar-refractivity contribution in [3.63, 3.8) is 0 Å². The highest BCUT2D eigenvalue weighted by Crippen LogP contribution is 2.35. The predicted molar refractivity (Wildman–Crippen MR) is 76.2 cm³/mol. The van der Waals surface area contributed by atoms with E-state index < -0.39 is 16.9 Å². The molecule has 0 fully saturated rings. The fourth-order valence-electron chi connectivity index (χ4n) is 1.82. The van der Waals surface area contributed by atoms with Crippen LogP contribution >= 0.6 is 11.6 Å². The van der Waals surface area contributed by atoms with Gasteiger partial charge in [0, 0.05) is 29.1 Å². The number of aromatic nitrogens is 2. The number of rotatable bonds is 1. The zero-order valence-electron chi connectivity index (χ0n) is 11.8. The molecule has 0 unspecified atom stereocenters. The summed E-state index contributed by atoms with van der Waals surface area (Å²) < 4.78 is 37.9. The summed E-state index contributed by atoms with van der Waals surface area (Å²) in [6.07, 6.45) is -1.75. The summed E-state index contributed by atoms with van der Waals surface area (Å²) in [7, 11) is 0. The van der Waals surface area contributed by atoms with Gasteiger partial charge in [-0.05, 0) is 23.8 Å². The van der Waals surface area contributed by atoms with E-state index in [4.69, 9.17) is 11.6 Å². The first-order valence-electron chi connectivity index (χ1n) is 6.28. The van der Waals surface area contributed by atoms with Crippen molar-refractivity contribution < 1.29 is 13.2 Å².